The van der Waals surface area contributed by atoms with Crippen LogP contribution in [0.4, 0.5) is 0 Å². The van der Waals surface area contributed by atoms with Crippen molar-refractivity contribution in [1.29, 1.82) is 0 Å². The lowest BCUT2D eigenvalue weighted by molar-refractivity contribution is -0.135. The van der Waals surface area contributed by atoms with Gasteiger partial charge in [0.1, 0.15) is 5.82 Å². The highest BCUT2D eigenvalue weighted by Gasteiger charge is 2.29. The van der Waals surface area contributed by atoms with Crippen molar-refractivity contribution in [3.05, 3.63) is 66.0 Å². The zero-order valence-corrected chi connectivity index (χ0v) is 16.7. The van der Waals surface area contributed by atoms with Crippen LogP contribution in [-0.2, 0) is 24.3 Å². The Bertz CT molecular complexity index is 1010. The molecule has 29 heavy (non-hydrogen) atoms. The minimum Gasteiger partial charge on any atom is -0.504 e. The van der Waals surface area contributed by atoms with Gasteiger partial charge in [-0.1, -0.05) is 36.4 Å². The van der Waals surface area contributed by atoms with Crippen LogP contribution < -0.4 is 4.74 Å². The van der Waals surface area contributed by atoms with E-state index in [1.807, 2.05) is 37.5 Å². The zero-order chi connectivity index (χ0) is 20.4. The van der Waals surface area contributed by atoms with Gasteiger partial charge in [-0.3, -0.25) is 4.79 Å². The monoisotopic (exact) mass is 391 g/mol. The van der Waals surface area contributed by atoms with Gasteiger partial charge in [-0.05, 0) is 24.1 Å². The van der Waals surface area contributed by atoms with Crippen LogP contribution in [0.2, 0.25) is 0 Å². The molecule has 0 saturated heterocycles. The Kier molecular flexibility index (Phi) is 5.25. The van der Waals surface area contributed by atoms with Crippen LogP contribution >= 0.6 is 0 Å². The van der Waals surface area contributed by atoms with E-state index < -0.39 is 0 Å². The third-order valence-corrected chi connectivity index (χ3v) is 5.52. The normalized spacial score (nSPS) is 15.6. The highest BCUT2D eigenvalue weighted by atomic mass is 16.5. The number of ether oxygens (including phenoxy) is 1. The summed E-state index contributed by atoms with van der Waals surface area (Å²) in [6.45, 7) is 1.23. The predicted octanol–water partition coefficient (Wildman–Crippen LogP) is 3.49. The lowest BCUT2D eigenvalue weighted by atomic mass is 9.94. The molecule has 150 valence electrons. The Hall–Kier alpha value is -3.28. The Morgan fingerprint density at radius 3 is 2.79 bits per heavy atom. The molecular formula is C23H25N3O3. The molecule has 1 aliphatic heterocycles. The number of carbonyl (C=O) groups is 1. The molecule has 0 unspecified atom stereocenters. The van der Waals surface area contributed by atoms with E-state index in [1.165, 1.54) is 7.11 Å². The number of methoxy groups -OCH3 is 1. The first-order valence-corrected chi connectivity index (χ1v) is 9.77. The second-order valence-electron chi connectivity index (χ2n) is 7.48. The molecule has 0 radical (unpaired) electrons. The molecule has 0 fully saturated rings. The summed E-state index contributed by atoms with van der Waals surface area (Å²) in [5.74, 6) is 1.54. The number of benzene rings is 2. The summed E-state index contributed by atoms with van der Waals surface area (Å²) in [7, 11) is 3.33. The van der Waals surface area contributed by atoms with Gasteiger partial charge in [-0.15, -0.1) is 0 Å². The molecule has 0 spiro atoms. The number of carbonyl (C=O) groups excluding carboxylic acids is 1. The number of hydrogen-bond acceptors (Lipinski definition) is 4. The lowest BCUT2D eigenvalue weighted by Crippen LogP contribution is -2.36. The van der Waals surface area contributed by atoms with Gasteiger partial charge in [0.25, 0.3) is 0 Å². The summed E-state index contributed by atoms with van der Waals surface area (Å²) in [5.41, 5.74) is 3.07. The van der Waals surface area contributed by atoms with E-state index in [4.69, 9.17) is 4.74 Å². The number of rotatable bonds is 5. The minimum absolute atomic E-state index is 0.0559. The van der Waals surface area contributed by atoms with Crippen LogP contribution in [0, 0.1) is 5.92 Å². The molecule has 0 saturated carbocycles. The van der Waals surface area contributed by atoms with Gasteiger partial charge in [0, 0.05) is 49.9 Å². The van der Waals surface area contributed by atoms with E-state index in [0.717, 1.165) is 35.6 Å². The maximum atomic E-state index is 13.0. The summed E-state index contributed by atoms with van der Waals surface area (Å²) in [6.07, 6.45) is 3.38. The third-order valence-electron chi connectivity index (χ3n) is 5.52. The van der Waals surface area contributed by atoms with E-state index in [0.29, 0.717) is 18.7 Å². The minimum atomic E-state index is -0.0559. The quantitative estimate of drug-likeness (QED) is 0.723. The van der Waals surface area contributed by atoms with Crippen molar-refractivity contribution in [3.63, 3.8) is 0 Å². The third kappa shape index (κ3) is 3.83. The van der Waals surface area contributed by atoms with Crippen molar-refractivity contribution in [1.82, 2.24) is 14.5 Å². The van der Waals surface area contributed by atoms with Gasteiger partial charge in [0.05, 0.1) is 7.11 Å². The predicted molar refractivity (Wildman–Crippen MR) is 111 cm³/mol. The Morgan fingerprint density at radius 2 is 2.07 bits per heavy atom. The van der Waals surface area contributed by atoms with E-state index in [2.05, 4.69) is 21.7 Å². The van der Waals surface area contributed by atoms with E-state index in [1.54, 1.807) is 17.0 Å². The van der Waals surface area contributed by atoms with Gasteiger partial charge >= 0.3 is 0 Å². The topological polar surface area (TPSA) is 67.6 Å². The molecule has 3 aromatic rings. The van der Waals surface area contributed by atoms with Crippen molar-refractivity contribution in [3.8, 4) is 22.9 Å². The Morgan fingerprint density at radius 1 is 1.28 bits per heavy atom. The molecule has 1 atom stereocenters. The van der Waals surface area contributed by atoms with Gasteiger partial charge in [-0.25, -0.2) is 4.98 Å². The first-order chi connectivity index (χ1) is 14.1. The number of phenols is 1. The van der Waals surface area contributed by atoms with Crippen molar-refractivity contribution in [2.75, 3.05) is 14.2 Å². The molecule has 0 bridgehead atoms. The molecule has 1 amide bonds. The second-order valence-corrected chi connectivity index (χ2v) is 7.48. The van der Waals surface area contributed by atoms with Gasteiger partial charge in [0.2, 0.25) is 5.91 Å². The fourth-order valence-electron chi connectivity index (χ4n) is 3.99. The summed E-state index contributed by atoms with van der Waals surface area (Å²) < 4.78 is 7.30. The molecule has 1 N–H and O–H groups in total. The molecule has 2 heterocycles. The standard InChI is InChI=1S/C23H25N3O3/c1-25(15-16-8-9-21(29-2)20(27)12-16)23(28)18-10-11-26-19(13-18)14-24-22(26)17-6-4-3-5-7-17/h3-9,12,14,18,27H,10-11,13,15H2,1-2H3/t18-/m1/s1. The largest absolute Gasteiger partial charge is 0.504 e. The summed E-state index contributed by atoms with van der Waals surface area (Å²) >= 11 is 0. The number of amides is 1. The Labute approximate surface area is 170 Å². The molecule has 1 aromatic heterocycles. The first kappa shape index (κ1) is 19.1. The summed E-state index contributed by atoms with van der Waals surface area (Å²) in [4.78, 5) is 19.3. The van der Waals surface area contributed by atoms with Crippen LogP contribution in [0.3, 0.4) is 0 Å². The highest BCUT2D eigenvalue weighted by molar-refractivity contribution is 5.79. The average molecular weight is 391 g/mol. The smallest absolute Gasteiger partial charge is 0.226 e. The molecule has 4 rings (SSSR count). The lowest BCUT2D eigenvalue weighted by Gasteiger charge is -2.28. The fourth-order valence-corrected chi connectivity index (χ4v) is 3.99. The first-order valence-electron chi connectivity index (χ1n) is 9.77. The number of nitrogens with zero attached hydrogens (tertiary/aromatic N) is 3. The average Bonchev–Trinajstić information content (AvgIpc) is 3.17. The van der Waals surface area contributed by atoms with Crippen molar-refractivity contribution in [2.45, 2.75) is 25.9 Å². The van der Waals surface area contributed by atoms with E-state index in [9.17, 15) is 9.90 Å². The van der Waals surface area contributed by atoms with Crippen LogP contribution in [-0.4, -0.2) is 39.6 Å². The number of imidazole rings is 1. The maximum absolute atomic E-state index is 13.0. The van der Waals surface area contributed by atoms with Crippen LogP contribution in [0.1, 0.15) is 17.7 Å². The van der Waals surface area contributed by atoms with Crippen molar-refractivity contribution < 1.29 is 14.6 Å². The van der Waals surface area contributed by atoms with Gasteiger partial charge in [-0.2, -0.15) is 0 Å². The number of aromatic nitrogens is 2. The highest BCUT2D eigenvalue weighted by Crippen LogP contribution is 2.29. The number of phenolic OH excluding ortho intramolecular Hbond substituents is 1. The number of hydrogen-bond donors (Lipinski definition) is 1. The molecule has 2 aromatic carbocycles. The van der Waals surface area contributed by atoms with Crippen molar-refractivity contribution >= 4 is 5.91 Å². The van der Waals surface area contributed by atoms with Crippen LogP contribution in [0.15, 0.2) is 54.7 Å². The van der Waals surface area contributed by atoms with E-state index in [-0.39, 0.29) is 17.6 Å². The second kappa shape index (κ2) is 7.99. The zero-order valence-electron chi connectivity index (χ0n) is 16.7. The fraction of sp³-hybridized carbons (Fsp3) is 0.304. The van der Waals surface area contributed by atoms with Gasteiger partial charge in [0.15, 0.2) is 11.5 Å². The molecule has 0 aliphatic carbocycles. The van der Waals surface area contributed by atoms with Crippen LogP contribution in [0.25, 0.3) is 11.4 Å². The molecule has 6 nitrogen and oxygen atoms in total. The maximum Gasteiger partial charge on any atom is 0.226 e. The van der Waals surface area contributed by atoms with E-state index >= 15 is 0 Å². The molecule has 1 aliphatic rings. The number of aromatic hydroxyl groups is 1. The molecular weight excluding hydrogens is 366 g/mol. The molecule has 6 heteroatoms. The number of fused-ring (bicyclic) bond motifs is 1. The SMILES string of the molecule is COc1ccc(CN(C)C(=O)[C@@H]2CCn3c(cnc3-c3ccccc3)C2)cc1O. The summed E-state index contributed by atoms with van der Waals surface area (Å²) in [5, 5.41) is 9.96. The van der Waals surface area contributed by atoms with Gasteiger partial charge < -0.3 is 19.3 Å². The summed E-state index contributed by atoms with van der Waals surface area (Å²) in [6, 6.07) is 15.4. The van der Waals surface area contributed by atoms with Crippen LogP contribution in [0.5, 0.6) is 11.5 Å². The Balaban J connectivity index is 1.44. The van der Waals surface area contributed by atoms with Crippen molar-refractivity contribution in [2.24, 2.45) is 5.92 Å².